The van der Waals surface area contributed by atoms with Gasteiger partial charge < -0.3 is 44.1 Å². The molecule has 2 aliphatic rings. The van der Waals surface area contributed by atoms with Crippen LogP contribution in [0.3, 0.4) is 0 Å². The molecule has 1 aliphatic heterocycles. The van der Waals surface area contributed by atoms with Crippen LogP contribution in [0.5, 0.6) is 0 Å². The molecule has 0 unspecified atom stereocenters. The van der Waals surface area contributed by atoms with Gasteiger partial charge in [0.25, 0.3) is 11.8 Å². The zero-order valence-corrected chi connectivity index (χ0v) is 49.7. The smallest absolute Gasteiger partial charge is 0.437 e. The van der Waals surface area contributed by atoms with E-state index in [4.69, 9.17) is 28.5 Å². The van der Waals surface area contributed by atoms with Crippen molar-refractivity contribution < 1.29 is 75.1 Å². The fraction of sp³-hybridized carbons (Fsp3) is 0.509. The molecule has 28 nitrogen and oxygen atoms in total. The predicted molar refractivity (Wildman–Crippen MR) is 299 cm³/mol. The summed E-state index contributed by atoms with van der Waals surface area (Å²) in [5, 5.41) is 24.1. The largest absolute Gasteiger partial charge is 0.450 e. The molecule has 6 rings (SSSR count). The van der Waals surface area contributed by atoms with Crippen molar-refractivity contribution in [3.8, 4) is 0 Å². The van der Waals surface area contributed by atoms with E-state index in [0.717, 1.165) is 16.1 Å². The number of guanidine groups is 1. The van der Waals surface area contributed by atoms with Crippen LogP contribution < -0.4 is 21.3 Å². The number of ether oxygens (including phenoxy) is 5. The summed E-state index contributed by atoms with van der Waals surface area (Å²) in [5.74, 6) is -3.61. The Morgan fingerprint density at radius 1 is 0.819 bits per heavy atom. The number of aliphatic imine (C=N–C) groups is 1. The van der Waals surface area contributed by atoms with Crippen molar-refractivity contribution in [1.29, 1.82) is 0 Å². The fourth-order valence-corrected chi connectivity index (χ4v) is 9.15. The Balaban J connectivity index is 1.28. The van der Waals surface area contributed by atoms with Crippen molar-refractivity contribution in [2.45, 2.75) is 162 Å². The fourth-order valence-electron chi connectivity index (χ4n) is 7.60. The van der Waals surface area contributed by atoms with Gasteiger partial charge in [0.2, 0.25) is 11.6 Å². The van der Waals surface area contributed by atoms with Crippen LogP contribution in [0.2, 0.25) is 0 Å². The molecule has 0 spiro atoms. The lowest BCUT2D eigenvalue weighted by Gasteiger charge is -2.43. The molecule has 1 saturated heterocycles. The standard InChI is InChI=1S/C53H70N12O16S2/c1-49(2,3)77-45(69)54-26-19-27-63(43(58-46(70)78-50(4,5)6)59-47(71)79-51(7,8)9)29-34-28-55-64(61-34)30-36-38(41(67)65(36)83(73,74)75)57-40(66)37(35-31-82-44(56-35)60-48(72)80-52(10,11)12)62-81-53(24-25-53)42(68)76-39(32-20-15-13-16-21-32)33-22-17-14-18-23-33/h13-18,20-23,28,31,36,38-39H,19,24-27,29-30H2,1-12H3,(H,54,69)(H,57,66)(H,56,60,72)(H,73,74,75)(H,58,59,70,71)/b62-37+/t36-,38+/m1/s1. The van der Waals surface area contributed by atoms with Gasteiger partial charge in [-0.05, 0) is 101 Å². The van der Waals surface area contributed by atoms with Gasteiger partial charge in [-0.3, -0.25) is 24.8 Å². The van der Waals surface area contributed by atoms with Gasteiger partial charge in [-0.1, -0.05) is 65.8 Å². The molecule has 1 aliphatic carbocycles. The van der Waals surface area contributed by atoms with Crippen molar-refractivity contribution in [2.75, 3.05) is 18.4 Å². The van der Waals surface area contributed by atoms with E-state index in [1.165, 1.54) is 16.5 Å². The first-order valence-corrected chi connectivity index (χ1v) is 28.4. The molecule has 0 bridgehead atoms. The van der Waals surface area contributed by atoms with Crippen molar-refractivity contribution in [1.82, 2.24) is 45.1 Å². The van der Waals surface area contributed by atoms with Crippen LogP contribution in [-0.4, -0.2) is 149 Å². The number of hydrogen-bond acceptors (Lipinski definition) is 20. The first-order valence-electron chi connectivity index (χ1n) is 26.1. The van der Waals surface area contributed by atoms with E-state index >= 15 is 0 Å². The van der Waals surface area contributed by atoms with Gasteiger partial charge in [0.1, 0.15) is 45.9 Å². The lowest BCUT2D eigenvalue weighted by molar-refractivity contribution is -0.164. The molecular weight excluding hydrogens is 1120 g/mol. The Bertz CT molecular complexity index is 3140. The highest BCUT2D eigenvalue weighted by Crippen LogP contribution is 2.43. The predicted octanol–water partition coefficient (Wildman–Crippen LogP) is 6.40. The Morgan fingerprint density at radius 2 is 1.39 bits per heavy atom. The zero-order valence-electron chi connectivity index (χ0n) is 48.1. The van der Waals surface area contributed by atoms with Crippen molar-refractivity contribution >= 4 is 80.6 Å². The number of benzene rings is 2. The van der Waals surface area contributed by atoms with Crippen LogP contribution in [0.1, 0.15) is 131 Å². The van der Waals surface area contributed by atoms with E-state index in [-0.39, 0.29) is 65.7 Å². The second-order valence-corrected chi connectivity index (χ2v) is 25.2. The molecule has 4 aromatic rings. The number of nitrogens with zero attached hydrogens (tertiary/aromatic N) is 8. The Kier molecular flexibility index (Phi) is 20.0. The van der Waals surface area contributed by atoms with E-state index in [1.807, 2.05) is 12.1 Å². The summed E-state index contributed by atoms with van der Waals surface area (Å²) < 4.78 is 63.5. The van der Waals surface area contributed by atoms with Gasteiger partial charge in [0.15, 0.2) is 16.9 Å². The molecule has 5 N–H and O–H groups in total. The van der Waals surface area contributed by atoms with Crippen LogP contribution in [0.15, 0.2) is 82.4 Å². The summed E-state index contributed by atoms with van der Waals surface area (Å²) in [5.41, 5.74) is -4.76. The highest BCUT2D eigenvalue weighted by atomic mass is 32.2. The number of amides is 6. The van der Waals surface area contributed by atoms with Gasteiger partial charge in [0.05, 0.1) is 19.3 Å². The van der Waals surface area contributed by atoms with Gasteiger partial charge in [-0.15, -0.1) is 16.3 Å². The Labute approximate surface area is 483 Å². The third kappa shape index (κ3) is 19.4. The monoisotopic (exact) mass is 1190 g/mol. The average molecular weight is 1200 g/mol. The maximum atomic E-state index is 14.5. The summed E-state index contributed by atoms with van der Waals surface area (Å²) in [6.07, 6.45) is -2.87. The second kappa shape index (κ2) is 25.9. The molecule has 2 aromatic carbocycles. The molecule has 1 saturated carbocycles. The number of thiazole rings is 1. The summed E-state index contributed by atoms with van der Waals surface area (Å²) in [4.78, 5) is 110. The number of anilines is 1. The number of oxime groups is 1. The quantitative estimate of drug-likeness (QED) is 0.00990. The number of nitrogens with one attached hydrogen (secondary N) is 4. The van der Waals surface area contributed by atoms with Crippen LogP contribution in [0.25, 0.3) is 0 Å². The van der Waals surface area contributed by atoms with E-state index < -0.39 is 111 Å². The molecule has 30 heteroatoms. The highest BCUT2D eigenvalue weighted by Gasteiger charge is 2.57. The molecular formula is C53H70N12O16S2. The van der Waals surface area contributed by atoms with Crippen LogP contribution in [0.4, 0.5) is 24.3 Å². The number of rotatable bonds is 19. The van der Waals surface area contributed by atoms with Crippen molar-refractivity contribution in [3.63, 3.8) is 0 Å². The summed E-state index contributed by atoms with van der Waals surface area (Å²) in [7, 11) is -5.29. The third-order valence-electron chi connectivity index (χ3n) is 11.2. The molecule has 0 radical (unpaired) electrons. The van der Waals surface area contributed by atoms with Gasteiger partial charge in [-0.2, -0.15) is 23.4 Å². The topological polar surface area (TPSA) is 352 Å². The number of alkyl carbamates (subject to hydrolysis) is 2. The lowest BCUT2D eigenvalue weighted by atomic mass is 9.98. The van der Waals surface area contributed by atoms with E-state index in [0.29, 0.717) is 11.1 Å². The molecule has 83 heavy (non-hydrogen) atoms. The maximum absolute atomic E-state index is 14.5. The number of hydrogen-bond donors (Lipinski definition) is 5. The zero-order chi connectivity index (χ0) is 61.3. The molecule has 450 valence electrons. The second-order valence-electron chi connectivity index (χ2n) is 23.1. The van der Waals surface area contributed by atoms with Crippen LogP contribution in [-0.2, 0) is 66.3 Å². The molecule has 6 amide bonds. The summed E-state index contributed by atoms with van der Waals surface area (Å²) in [6, 6.07) is 14.6. The van der Waals surface area contributed by atoms with Gasteiger partial charge in [0, 0.05) is 31.3 Å². The minimum atomic E-state index is -5.29. The Hall–Kier alpha value is -8.25. The highest BCUT2D eigenvalue weighted by molar-refractivity contribution is 7.84. The minimum absolute atomic E-state index is 0.0306. The lowest BCUT2D eigenvalue weighted by Crippen LogP contribution is -2.73. The van der Waals surface area contributed by atoms with Crippen LogP contribution >= 0.6 is 11.3 Å². The SMILES string of the molecule is CC(C)(C)OC(=O)N=C(NC(=O)OC(C)(C)C)N(CCCNC(=O)OC(C)(C)C)Cc1cnn(C[C@@H]2[C@H](NC(=O)/C(=N/OC3(C(=O)OC(c4ccccc4)c4ccccc4)CC3)c3csc(NC(=O)OC(C)(C)C)n3)C(=O)N2S(=O)(=O)O)n1. The first-order chi connectivity index (χ1) is 38.6. The molecule has 3 heterocycles. The van der Waals surface area contributed by atoms with E-state index in [2.05, 4.69) is 46.6 Å². The number of carbonyl (C=O) groups excluding carboxylic acids is 7. The summed E-state index contributed by atoms with van der Waals surface area (Å²) >= 11 is 0.859. The summed E-state index contributed by atoms with van der Waals surface area (Å²) in [6.45, 7) is 18.9. The van der Waals surface area contributed by atoms with Gasteiger partial charge >= 0.3 is 40.6 Å². The molecule has 2 atom stereocenters. The first kappa shape index (κ1) is 63.9. The van der Waals surface area contributed by atoms with E-state index in [1.54, 1.807) is 132 Å². The normalized spacial score (nSPS) is 16.4. The number of β-lactam (4-membered cyclic amide) rings is 1. The Morgan fingerprint density at radius 3 is 1.94 bits per heavy atom. The average Bonchev–Trinajstić information content (AvgIpc) is 3.63. The van der Waals surface area contributed by atoms with Crippen LogP contribution in [0, 0.1) is 0 Å². The van der Waals surface area contributed by atoms with Crippen molar-refractivity contribution in [3.05, 3.63) is 94.8 Å². The molecule has 2 fully saturated rings. The van der Waals surface area contributed by atoms with Gasteiger partial charge in [-0.25, -0.2) is 33.3 Å². The number of carbonyl (C=O) groups is 7. The van der Waals surface area contributed by atoms with Crippen molar-refractivity contribution in [2.24, 2.45) is 10.1 Å². The maximum Gasteiger partial charge on any atom is 0.437 e. The number of aromatic nitrogens is 4. The third-order valence-corrected chi connectivity index (χ3v) is 12.9. The number of esters is 1. The minimum Gasteiger partial charge on any atom is -0.450 e. The molecule has 2 aromatic heterocycles. The van der Waals surface area contributed by atoms with E-state index in [9.17, 15) is 46.5 Å².